The van der Waals surface area contributed by atoms with Gasteiger partial charge in [0.05, 0.1) is 39.2 Å². The summed E-state index contributed by atoms with van der Waals surface area (Å²) in [5.41, 5.74) is 4.07. The molecule has 0 spiro atoms. The smallest absolute Gasteiger partial charge is 0.214 e. The highest BCUT2D eigenvalue weighted by Crippen LogP contribution is 2.28. The summed E-state index contributed by atoms with van der Waals surface area (Å²) in [6, 6.07) is 11.6. The van der Waals surface area contributed by atoms with Gasteiger partial charge in [0.15, 0.2) is 11.5 Å². The molecule has 0 radical (unpaired) electrons. The monoisotopic (exact) mass is 430 g/mol. The molecule has 1 N–H and O–H groups in total. The van der Waals surface area contributed by atoms with Crippen molar-refractivity contribution in [2.24, 2.45) is 0 Å². The maximum Gasteiger partial charge on any atom is 0.214 e. The van der Waals surface area contributed by atoms with E-state index >= 15 is 0 Å². The average Bonchev–Trinajstić information content (AvgIpc) is 3.20. The Balaban J connectivity index is 1.53. The van der Waals surface area contributed by atoms with Crippen LogP contribution in [0.4, 0.5) is 0 Å². The lowest BCUT2D eigenvalue weighted by atomic mass is 10.1. The summed E-state index contributed by atoms with van der Waals surface area (Å²) in [7, 11) is 3.19. The molecule has 3 rings (SSSR count). The van der Waals surface area contributed by atoms with Crippen molar-refractivity contribution in [1.29, 1.82) is 0 Å². The fourth-order valence-electron chi connectivity index (χ4n) is 3.05. The summed E-state index contributed by atoms with van der Waals surface area (Å²) in [5, 5.41) is 23.0. The molecule has 160 valence electrons. The molecule has 1 aromatic heterocycles. The number of hydrogen-bond acceptors (Lipinski definition) is 8. The van der Waals surface area contributed by atoms with Gasteiger partial charge in [-0.25, -0.2) is 0 Å². The summed E-state index contributed by atoms with van der Waals surface area (Å²) < 4.78 is 17.9. The number of aromatic nitrogens is 4. The summed E-state index contributed by atoms with van der Waals surface area (Å²) in [5.74, 6) is 1.73. The highest BCUT2D eigenvalue weighted by Gasteiger charge is 2.15. The molecule has 1 heterocycles. The molecule has 8 nitrogen and oxygen atoms in total. The first kappa shape index (κ1) is 22.1. The van der Waals surface area contributed by atoms with Gasteiger partial charge in [-0.2, -0.15) is 4.68 Å². The van der Waals surface area contributed by atoms with Crippen molar-refractivity contribution in [3.8, 4) is 17.2 Å². The maximum atomic E-state index is 10.3. The molecule has 1 unspecified atom stereocenters. The fourth-order valence-corrected chi connectivity index (χ4v) is 3.83. The summed E-state index contributed by atoms with van der Waals surface area (Å²) >= 11 is 1.39. The van der Waals surface area contributed by atoms with E-state index in [1.54, 1.807) is 18.9 Å². The normalized spacial score (nSPS) is 12.0. The number of methoxy groups -OCH3 is 2. The molecule has 2 aromatic carbocycles. The highest BCUT2D eigenvalue weighted by molar-refractivity contribution is 7.99. The molecule has 0 bridgehead atoms. The second-order valence-electron chi connectivity index (χ2n) is 6.78. The predicted molar refractivity (Wildman–Crippen MR) is 115 cm³/mol. The number of ether oxygens (including phenoxy) is 3. The van der Waals surface area contributed by atoms with Crippen LogP contribution in [0.15, 0.2) is 41.6 Å². The molecule has 0 aliphatic rings. The van der Waals surface area contributed by atoms with E-state index in [1.165, 1.54) is 11.8 Å². The van der Waals surface area contributed by atoms with Gasteiger partial charge in [-0.1, -0.05) is 36.0 Å². The zero-order valence-electron chi connectivity index (χ0n) is 17.5. The van der Waals surface area contributed by atoms with E-state index in [-0.39, 0.29) is 6.61 Å². The number of rotatable bonds is 10. The maximum absolute atomic E-state index is 10.3. The van der Waals surface area contributed by atoms with Crippen LogP contribution in [-0.2, 0) is 11.3 Å². The van der Waals surface area contributed by atoms with Crippen LogP contribution in [0, 0.1) is 13.8 Å². The zero-order valence-corrected chi connectivity index (χ0v) is 18.3. The molecule has 0 aliphatic carbocycles. The van der Waals surface area contributed by atoms with Crippen LogP contribution in [0.5, 0.6) is 11.5 Å². The van der Waals surface area contributed by atoms with E-state index in [4.69, 9.17) is 14.2 Å². The van der Waals surface area contributed by atoms with E-state index in [2.05, 4.69) is 15.5 Å². The number of aryl methyl sites for hydroxylation is 2. The van der Waals surface area contributed by atoms with Crippen LogP contribution in [0.2, 0.25) is 0 Å². The van der Waals surface area contributed by atoms with Crippen molar-refractivity contribution in [1.82, 2.24) is 20.2 Å². The van der Waals surface area contributed by atoms with E-state index in [9.17, 15) is 5.11 Å². The first-order chi connectivity index (χ1) is 14.5. The number of para-hydroxylation sites is 1. The van der Waals surface area contributed by atoms with Gasteiger partial charge in [0.2, 0.25) is 5.16 Å². The van der Waals surface area contributed by atoms with Crippen LogP contribution >= 0.6 is 11.8 Å². The molecule has 1 atom stereocenters. The number of thioether (sulfide) groups is 1. The van der Waals surface area contributed by atoms with Crippen molar-refractivity contribution >= 4 is 11.8 Å². The van der Waals surface area contributed by atoms with Crippen molar-refractivity contribution in [3.05, 3.63) is 53.1 Å². The van der Waals surface area contributed by atoms with Crippen LogP contribution in [0.25, 0.3) is 5.69 Å². The fraction of sp³-hybridized carbons (Fsp3) is 0.381. The summed E-state index contributed by atoms with van der Waals surface area (Å²) in [6.45, 7) is 4.61. The quantitative estimate of drug-likeness (QED) is 0.491. The minimum absolute atomic E-state index is 0.201. The lowest BCUT2D eigenvalue weighted by Crippen LogP contribution is -2.18. The third-order valence-electron chi connectivity index (χ3n) is 4.52. The molecule has 0 saturated carbocycles. The Morgan fingerprint density at radius 3 is 2.50 bits per heavy atom. The van der Waals surface area contributed by atoms with Crippen LogP contribution < -0.4 is 9.47 Å². The molecule has 3 aromatic rings. The Kier molecular flexibility index (Phi) is 7.67. The second-order valence-corrected chi connectivity index (χ2v) is 7.77. The minimum atomic E-state index is -0.654. The van der Waals surface area contributed by atoms with Gasteiger partial charge in [0, 0.05) is 5.75 Å². The standard InChI is InChI=1S/C21H26N4O4S/c1-14-6-5-7-15(2)20(14)25-21(22-23-24-25)30-13-17(26)12-29-11-16-8-9-18(27-3)19(10-16)28-4/h5-10,17,26H,11-13H2,1-4H3. The first-order valence-corrected chi connectivity index (χ1v) is 10.5. The molecule has 0 aliphatic heterocycles. The van der Waals surface area contributed by atoms with Crippen molar-refractivity contribution < 1.29 is 19.3 Å². The van der Waals surface area contributed by atoms with Gasteiger partial charge in [-0.15, -0.1) is 5.10 Å². The van der Waals surface area contributed by atoms with Gasteiger partial charge in [0.1, 0.15) is 0 Å². The van der Waals surface area contributed by atoms with Crippen LogP contribution in [0.3, 0.4) is 0 Å². The van der Waals surface area contributed by atoms with E-state index in [0.717, 1.165) is 22.4 Å². The third kappa shape index (κ3) is 5.29. The highest BCUT2D eigenvalue weighted by atomic mass is 32.2. The van der Waals surface area contributed by atoms with Gasteiger partial charge < -0.3 is 19.3 Å². The molecular weight excluding hydrogens is 404 g/mol. The van der Waals surface area contributed by atoms with Gasteiger partial charge in [0.25, 0.3) is 0 Å². The van der Waals surface area contributed by atoms with E-state index < -0.39 is 6.10 Å². The van der Waals surface area contributed by atoms with Crippen LogP contribution in [-0.4, -0.2) is 58.0 Å². The van der Waals surface area contributed by atoms with Gasteiger partial charge in [-0.05, 0) is 53.1 Å². The van der Waals surface area contributed by atoms with Gasteiger partial charge >= 0.3 is 0 Å². The number of hydrogen-bond donors (Lipinski definition) is 1. The summed E-state index contributed by atoms with van der Waals surface area (Å²) in [4.78, 5) is 0. The Labute approximate surface area is 180 Å². The second kappa shape index (κ2) is 10.4. The van der Waals surface area contributed by atoms with Gasteiger partial charge in [-0.3, -0.25) is 0 Å². The SMILES string of the molecule is COc1ccc(COCC(O)CSc2nnnn2-c2c(C)cccc2C)cc1OC. The Morgan fingerprint density at radius 1 is 1.07 bits per heavy atom. The molecule has 0 fully saturated rings. The van der Waals surface area contributed by atoms with Crippen LogP contribution in [0.1, 0.15) is 16.7 Å². The largest absolute Gasteiger partial charge is 0.493 e. The predicted octanol–water partition coefficient (Wildman–Crippen LogP) is 2.97. The van der Waals surface area contributed by atoms with Crippen molar-refractivity contribution in [2.75, 3.05) is 26.6 Å². The minimum Gasteiger partial charge on any atom is -0.493 e. The topological polar surface area (TPSA) is 91.5 Å². The Hall–Kier alpha value is -2.62. The number of benzene rings is 2. The number of tetrazole rings is 1. The summed E-state index contributed by atoms with van der Waals surface area (Å²) in [6.07, 6.45) is -0.654. The Morgan fingerprint density at radius 2 is 1.80 bits per heavy atom. The van der Waals surface area contributed by atoms with Crippen molar-refractivity contribution in [2.45, 2.75) is 31.7 Å². The number of aliphatic hydroxyl groups is 1. The first-order valence-electron chi connectivity index (χ1n) is 9.48. The zero-order chi connectivity index (χ0) is 21.5. The molecule has 9 heteroatoms. The number of nitrogens with zero attached hydrogens (tertiary/aromatic N) is 4. The van der Waals surface area contributed by atoms with E-state index in [1.807, 2.05) is 50.2 Å². The lowest BCUT2D eigenvalue weighted by Gasteiger charge is -2.13. The lowest BCUT2D eigenvalue weighted by molar-refractivity contribution is 0.0397. The molecule has 30 heavy (non-hydrogen) atoms. The number of aliphatic hydroxyl groups excluding tert-OH is 1. The molecule has 0 saturated heterocycles. The third-order valence-corrected chi connectivity index (χ3v) is 5.59. The Bertz CT molecular complexity index is 959. The molecular formula is C21H26N4O4S. The van der Waals surface area contributed by atoms with Crippen molar-refractivity contribution in [3.63, 3.8) is 0 Å². The molecule has 0 amide bonds. The van der Waals surface area contributed by atoms with E-state index in [0.29, 0.717) is 29.0 Å². The average molecular weight is 431 g/mol.